The highest BCUT2D eigenvalue weighted by molar-refractivity contribution is 5.26. The van der Waals surface area contributed by atoms with Gasteiger partial charge in [0, 0.05) is 20.8 Å². The minimum Gasteiger partial charge on any atom is -0.509 e. The summed E-state index contributed by atoms with van der Waals surface area (Å²) in [5, 5.41) is 21.4. The number of aliphatic hydroxyl groups excluding tert-OH is 2. The summed E-state index contributed by atoms with van der Waals surface area (Å²) in [5.41, 5.74) is -0.920. The second kappa shape index (κ2) is 5.27. The van der Waals surface area contributed by atoms with Crippen molar-refractivity contribution >= 4 is 0 Å². The Balaban J connectivity index is 2.86. The first-order valence-electron chi connectivity index (χ1n) is 4.72. The lowest BCUT2D eigenvalue weighted by molar-refractivity contribution is -0.106. The van der Waals surface area contributed by atoms with Crippen molar-refractivity contribution in [1.82, 2.24) is 5.32 Å². The molecule has 0 spiro atoms. The predicted molar refractivity (Wildman–Crippen MR) is 55.5 cm³/mol. The summed E-state index contributed by atoms with van der Waals surface area (Å²) in [6.45, 7) is 0.338. The highest BCUT2D eigenvalue weighted by Gasteiger charge is 2.40. The standard InChI is InChI=1S/C10H17NO4/c1-14-9-8(13)4-3-5-10(9,15-2)11-6-7-12/h3-5,9,11-13H,6-7H2,1-2H3. The van der Waals surface area contributed by atoms with Crippen molar-refractivity contribution in [3.8, 4) is 0 Å². The van der Waals surface area contributed by atoms with Crippen molar-refractivity contribution in [3.63, 3.8) is 0 Å². The smallest absolute Gasteiger partial charge is 0.172 e. The van der Waals surface area contributed by atoms with Gasteiger partial charge in [0.15, 0.2) is 11.8 Å². The topological polar surface area (TPSA) is 71.0 Å². The molecule has 0 heterocycles. The van der Waals surface area contributed by atoms with E-state index in [1.807, 2.05) is 0 Å². The number of rotatable bonds is 5. The van der Waals surface area contributed by atoms with Gasteiger partial charge in [0.25, 0.3) is 0 Å². The van der Waals surface area contributed by atoms with E-state index >= 15 is 0 Å². The number of ether oxygens (including phenoxy) is 2. The van der Waals surface area contributed by atoms with Crippen LogP contribution in [0.4, 0.5) is 0 Å². The molecule has 2 unspecified atom stereocenters. The molecule has 0 aromatic heterocycles. The molecule has 1 aliphatic carbocycles. The number of allylic oxidation sites excluding steroid dienone is 2. The van der Waals surface area contributed by atoms with E-state index in [2.05, 4.69) is 5.32 Å². The molecular formula is C10H17NO4. The van der Waals surface area contributed by atoms with Crippen LogP contribution < -0.4 is 5.32 Å². The second-order valence-electron chi connectivity index (χ2n) is 3.21. The lowest BCUT2D eigenvalue weighted by Gasteiger charge is -2.38. The maximum atomic E-state index is 9.64. The van der Waals surface area contributed by atoms with Crippen LogP contribution in [-0.4, -0.2) is 49.4 Å². The van der Waals surface area contributed by atoms with Crippen molar-refractivity contribution < 1.29 is 19.7 Å². The molecule has 5 nitrogen and oxygen atoms in total. The Morgan fingerprint density at radius 3 is 2.80 bits per heavy atom. The highest BCUT2D eigenvalue weighted by Crippen LogP contribution is 2.25. The number of aliphatic hydroxyl groups is 2. The van der Waals surface area contributed by atoms with Crippen LogP contribution in [0.3, 0.4) is 0 Å². The summed E-state index contributed by atoms with van der Waals surface area (Å²) in [6, 6.07) is 0. The van der Waals surface area contributed by atoms with Gasteiger partial charge in [-0.15, -0.1) is 0 Å². The average molecular weight is 215 g/mol. The van der Waals surface area contributed by atoms with Crippen molar-refractivity contribution in [3.05, 3.63) is 24.0 Å². The molecule has 86 valence electrons. The number of methoxy groups -OCH3 is 2. The summed E-state index contributed by atoms with van der Waals surface area (Å²) in [7, 11) is 3.00. The molecule has 0 saturated heterocycles. The third-order valence-corrected chi connectivity index (χ3v) is 2.36. The third kappa shape index (κ3) is 2.38. The molecule has 0 amide bonds. The van der Waals surface area contributed by atoms with Gasteiger partial charge >= 0.3 is 0 Å². The maximum absolute atomic E-state index is 9.64. The number of hydrogen-bond donors (Lipinski definition) is 3. The molecule has 3 N–H and O–H groups in total. The van der Waals surface area contributed by atoms with E-state index in [-0.39, 0.29) is 12.4 Å². The van der Waals surface area contributed by atoms with Gasteiger partial charge in [0.05, 0.1) is 6.61 Å². The van der Waals surface area contributed by atoms with Gasteiger partial charge in [-0.25, -0.2) is 0 Å². The Hall–Kier alpha value is -0.880. The molecule has 0 bridgehead atoms. The molecule has 5 heteroatoms. The Morgan fingerprint density at radius 1 is 1.53 bits per heavy atom. The van der Waals surface area contributed by atoms with Gasteiger partial charge < -0.3 is 19.7 Å². The summed E-state index contributed by atoms with van der Waals surface area (Å²) in [6.07, 6.45) is 4.36. The quantitative estimate of drug-likeness (QED) is 0.560. The number of hydrogen-bond acceptors (Lipinski definition) is 5. The summed E-state index contributed by atoms with van der Waals surface area (Å²) >= 11 is 0. The van der Waals surface area contributed by atoms with Gasteiger partial charge in [-0.2, -0.15) is 0 Å². The molecule has 0 saturated carbocycles. The normalized spacial score (nSPS) is 30.3. The van der Waals surface area contributed by atoms with Gasteiger partial charge in [-0.1, -0.05) is 6.08 Å². The van der Waals surface area contributed by atoms with Crippen LogP contribution in [0.1, 0.15) is 0 Å². The Kier molecular flexibility index (Phi) is 4.28. The molecule has 15 heavy (non-hydrogen) atoms. The fourth-order valence-electron chi connectivity index (χ4n) is 1.63. The summed E-state index contributed by atoms with van der Waals surface area (Å²) in [5.74, 6) is 0.0901. The number of nitrogens with one attached hydrogen (secondary N) is 1. The largest absolute Gasteiger partial charge is 0.509 e. The fourth-order valence-corrected chi connectivity index (χ4v) is 1.63. The molecule has 0 fully saturated rings. The first-order valence-corrected chi connectivity index (χ1v) is 4.72. The van der Waals surface area contributed by atoms with Crippen LogP contribution in [-0.2, 0) is 9.47 Å². The molecule has 2 atom stereocenters. The van der Waals surface area contributed by atoms with Crippen LogP contribution in [0, 0.1) is 0 Å². The van der Waals surface area contributed by atoms with E-state index in [9.17, 15) is 5.11 Å². The van der Waals surface area contributed by atoms with E-state index in [1.165, 1.54) is 14.2 Å². The fraction of sp³-hybridized carbons (Fsp3) is 0.600. The minimum absolute atomic E-state index is 0.0140. The van der Waals surface area contributed by atoms with Crippen LogP contribution in [0.25, 0.3) is 0 Å². The molecule has 1 aliphatic rings. The van der Waals surface area contributed by atoms with E-state index in [0.29, 0.717) is 6.54 Å². The van der Waals surface area contributed by atoms with Crippen molar-refractivity contribution in [2.75, 3.05) is 27.4 Å². The van der Waals surface area contributed by atoms with Crippen LogP contribution in [0.5, 0.6) is 0 Å². The zero-order chi connectivity index (χ0) is 11.3. The molecule has 0 radical (unpaired) electrons. The van der Waals surface area contributed by atoms with Crippen LogP contribution >= 0.6 is 0 Å². The van der Waals surface area contributed by atoms with E-state index in [0.717, 1.165) is 0 Å². The van der Waals surface area contributed by atoms with Gasteiger partial charge in [-0.3, -0.25) is 5.32 Å². The van der Waals surface area contributed by atoms with E-state index in [1.54, 1.807) is 18.2 Å². The van der Waals surface area contributed by atoms with Crippen molar-refractivity contribution in [2.45, 2.75) is 11.8 Å². The van der Waals surface area contributed by atoms with Gasteiger partial charge in [0.2, 0.25) is 0 Å². The average Bonchev–Trinajstić information content (AvgIpc) is 2.26. The molecule has 0 aromatic carbocycles. The van der Waals surface area contributed by atoms with Gasteiger partial charge in [-0.05, 0) is 12.2 Å². The van der Waals surface area contributed by atoms with E-state index in [4.69, 9.17) is 14.6 Å². The lowest BCUT2D eigenvalue weighted by atomic mass is 9.99. The zero-order valence-corrected chi connectivity index (χ0v) is 8.93. The van der Waals surface area contributed by atoms with Crippen molar-refractivity contribution in [1.29, 1.82) is 0 Å². The Bertz CT molecular complexity index is 264. The highest BCUT2D eigenvalue weighted by atomic mass is 16.6. The van der Waals surface area contributed by atoms with Crippen molar-refractivity contribution in [2.24, 2.45) is 0 Å². The monoisotopic (exact) mass is 215 g/mol. The first-order chi connectivity index (χ1) is 7.20. The first kappa shape index (κ1) is 12.2. The predicted octanol–water partition coefficient (Wildman–Crippen LogP) is -0.0623. The summed E-state index contributed by atoms with van der Waals surface area (Å²) < 4.78 is 10.5. The van der Waals surface area contributed by atoms with Crippen LogP contribution in [0.15, 0.2) is 24.0 Å². The lowest BCUT2D eigenvalue weighted by Crippen LogP contribution is -2.57. The third-order valence-electron chi connectivity index (χ3n) is 2.36. The molecular weight excluding hydrogens is 198 g/mol. The molecule has 0 aromatic rings. The zero-order valence-electron chi connectivity index (χ0n) is 8.93. The SMILES string of the molecule is COC1C(O)=CC=CC1(NCCO)OC. The second-order valence-corrected chi connectivity index (χ2v) is 3.21. The Morgan fingerprint density at radius 2 is 2.27 bits per heavy atom. The van der Waals surface area contributed by atoms with Crippen LogP contribution in [0.2, 0.25) is 0 Å². The minimum atomic E-state index is -0.920. The van der Waals surface area contributed by atoms with Gasteiger partial charge in [0.1, 0.15) is 5.76 Å². The molecule has 0 aliphatic heterocycles. The molecule has 1 rings (SSSR count). The van der Waals surface area contributed by atoms with E-state index < -0.39 is 11.8 Å². The maximum Gasteiger partial charge on any atom is 0.172 e. The Labute approximate surface area is 89.0 Å². The summed E-state index contributed by atoms with van der Waals surface area (Å²) in [4.78, 5) is 0.